The van der Waals surface area contributed by atoms with Crippen LogP contribution in [0.5, 0.6) is 0 Å². The van der Waals surface area contributed by atoms with Gasteiger partial charge in [0.2, 0.25) is 11.8 Å². The van der Waals surface area contributed by atoms with Crippen molar-refractivity contribution in [2.75, 3.05) is 13.2 Å². The normalized spacial score (nSPS) is 30.3. The van der Waals surface area contributed by atoms with Gasteiger partial charge in [-0.25, -0.2) is 17.9 Å². The van der Waals surface area contributed by atoms with Crippen molar-refractivity contribution in [1.82, 2.24) is 19.8 Å². The molecule has 13 nitrogen and oxygen atoms in total. The van der Waals surface area contributed by atoms with E-state index in [0.717, 1.165) is 36.8 Å². The number of sulfonamides is 1. The number of hydrogen-bond acceptors (Lipinski definition) is 9. The van der Waals surface area contributed by atoms with Gasteiger partial charge >= 0.3 is 6.09 Å². The van der Waals surface area contributed by atoms with Gasteiger partial charge in [0.15, 0.2) is 4.93 Å². The fourth-order valence-corrected chi connectivity index (χ4v) is 8.73. The third-order valence-electron chi connectivity index (χ3n) is 9.92. The molecule has 3 fully saturated rings. The van der Waals surface area contributed by atoms with Gasteiger partial charge in [0.1, 0.15) is 17.7 Å². The summed E-state index contributed by atoms with van der Waals surface area (Å²) in [6.07, 6.45) is 6.64. The number of carbonyl (C=O) groups is 4. The van der Waals surface area contributed by atoms with Gasteiger partial charge in [-0.2, -0.15) is 0 Å². The number of carbonyl (C=O) groups excluding carboxylic acids is 4. The first-order valence-corrected chi connectivity index (χ1v) is 18.2. The van der Waals surface area contributed by atoms with E-state index in [1.165, 1.54) is 9.80 Å². The zero-order valence-corrected chi connectivity index (χ0v) is 28.0. The van der Waals surface area contributed by atoms with Gasteiger partial charge < -0.3 is 25.4 Å². The van der Waals surface area contributed by atoms with E-state index in [1.807, 2.05) is 24.3 Å². The monoisotopic (exact) mass is 691 g/mol. The van der Waals surface area contributed by atoms with Crippen molar-refractivity contribution in [3.63, 3.8) is 0 Å². The van der Waals surface area contributed by atoms with Crippen molar-refractivity contribution in [1.29, 1.82) is 0 Å². The summed E-state index contributed by atoms with van der Waals surface area (Å²) in [5.74, 6) is -2.38. The number of allylic oxidation sites excluding steroid dienone is 1. The van der Waals surface area contributed by atoms with Gasteiger partial charge in [0.25, 0.3) is 15.9 Å². The molecule has 2 aliphatic carbocycles. The van der Waals surface area contributed by atoms with Crippen molar-refractivity contribution in [2.24, 2.45) is 11.7 Å². The Hall–Kier alpha value is -3.20. The summed E-state index contributed by atoms with van der Waals surface area (Å²) in [7, 11) is -4.19. The predicted octanol–water partition coefficient (Wildman–Crippen LogP) is 2.46. The number of benzene rings is 1. The number of rotatable bonds is 6. The van der Waals surface area contributed by atoms with E-state index in [4.69, 9.17) is 26.8 Å². The fraction of sp³-hybridized carbons (Fsp3) is 0.625. The summed E-state index contributed by atoms with van der Waals surface area (Å²) < 4.78 is 39.9. The van der Waals surface area contributed by atoms with Crippen LogP contribution in [0.15, 0.2) is 30.4 Å². The zero-order valence-electron chi connectivity index (χ0n) is 26.4. The molecule has 4 amide bonds. The summed E-state index contributed by atoms with van der Waals surface area (Å²) >= 11 is 6.32. The van der Waals surface area contributed by atoms with E-state index in [1.54, 1.807) is 13.0 Å². The Morgan fingerprint density at radius 3 is 2.68 bits per heavy atom. The molecule has 15 heteroatoms. The van der Waals surface area contributed by atoms with Gasteiger partial charge in [-0.1, -0.05) is 48.7 Å². The minimum atomic E-state index is -4.19. The van der Waals surface area contributed by atoms with Crippen molar-refractivity contribution >= 4 is 45.4 Å². The zero-order chi connectivity index (χ0) is 33.6. The number of fused-ring (bicyclic) bond motifs is 3. The molecule has 0 bridgehead atoms. The second kappa shape index (κ2) is 13.0. The lowest BCUT2D eigenvalue weighted by Gasteiger charge is -2.28. The number of hydrogen-bond donors (Lipinski definition) is 3. The lowest BCUT2D eigenvalue weighted by atomic mass is 10.1. The summed E-state index contributed by atoms with van der Waals surface area (Å²) in [6, 6.07) is 3.52. The minimum absolute atomic E-state index is 0.0124. The fourth-order valence-electron chi connectivity index (χ4n) is 6.95. The van der Waals surface area contributed by atoms with Crippen LogP contribution >= 0.6 is 11.6 Å². The number of amides is 4. The first kappa shape index (κ1) is 33.7. The molecule has 1 aromatic carbocycles. The molecule has 1 aromatic rings. The molecule has 0 radical (unpaired) electrons. The smallest absolute Gasteiger partial charge is 0.410 e. The molecule has 5 aliphatic rings. The van der Waals surface area contributed by atoms with Crippen LogP contribution in [-0.4, -0.2) is 83.8 Å². The van der Waals surface area contributed by atoms with E-state index in [0.29, 0.717) is 18.0 Å². The Labute approximate surface area is 279 Å². The van der Waals surface area contributed by atoms with Gasteiger partial charge in [0.05, 0.1) is 19.1 Å². The van der Waals surface area contributed by atoms with Crippen molar-refractivity contribution in [2.45, 2.75) is 106 Å². The molecular formula is C32H42ClN5O8S. The lowest BCUT2D eigenvalue weighted by molar-refractivity contribution is -0.140. The van der Waals surface area contributed by atoms with E-state index >= 15 is 0 Å². The predicted molar refractivity (Wildman–Crippen MR) is 171 cm³/mol. The van der Waals surface area contributed by atoms with E-state index in [-0.39, 0.29) is 45.4 Å². The standard InChI is InChI=1S/C32H42ClN5O8S/c1-2-45-31(13-14-31)47(43,44)36-29(41)32-16-21(32)10-6-4-3-5-7-12-25(34)28(40)38-18-22(15-26(38)27(39)35-32)46-30(42)37-17-20-9-8-11-24(33)23(20)19-37/h6,8-11,21-22,25-26H,2-5,7,12-19,34H2,1H3,(H,35,39)(H,36,41)/t21-,22-,25+,26+,32-/m1/s1. The van der Waals surface area contributed by atoms with Crippen LogP contribution < -0.4 is 15.8 Å². The molecule has 4 N–H and O–H groups in total. The maximum Gasteiger partial charge on any atom is 0.410 e. The van der Waals surface area contributed by atoms with Crippen LogP contribution in [0, 0.1) is 5.92 Å². The maximum absolute atomic E-state index is 14.0. The number of halogens is 1. The third-order valence-corrected chi connectivity index (χ3v) is 12.2. The molecule has 47 heavy (non-hydrogen) atoms. The summed E-state index contributed by atoms with van der Waals surface area (Å²) in [5, 5.41) is 3.37. The summed E-state index contributed by atoms with van der Waals surface area (Å²) in [5.41, 5.74) is 6.54. The third kappa shape index (κ3) is 6.61. The Kier molecular flexibility index (Phi) is 9.33. The number of nitrogens with one attached hydrogen (secondary N) is 2. The lowest BCUT2D eigenvalue weighted by Crippen LogP contribution is -2.58. The highest BCUT2D eigenvalue weighted by Gasteiger charge is 2.64. The summed E-state index contributed by atoms with van der Waals surface area (Å²) in [6.45, 7) is 2.39. The highest BCUT2D eigenvalue weighted by atomic mass is 35.5. The molecule has 256 valence electrons. The first-order chi connectivity index (χ1) is 22.4. The average Bonchev–Trinajstić information content (AvgIpc) is 3.85. The highest BCUT2D eigenvalue weighted by molar-refractivity contribution is 7.91. The Morgan fingerprint density at radius 1 is 1.17 bits per heavy atom. The van der Waals surface area contributed by atoms with Gasteiger partial charge in [-0.15, -0.1) is 0 Å². The van der Waals surface area contributed by atoms with Gasteiger partial charge in [-0.3, -0.25) is 19.3 Å². The average molecular weight is 692 g/mol. The molecule has 6 rings (SSSR count). The van der Waals surface area contributed by atoms with E-state index in [2.05, 4.69) is 10.0 Å². The maximum atomic E-state index is 14.0. The molecular weight excluding hydrogens is 650 g/mol. The Bertz CT molecular complexity index is 1580. The quantitative estimate of drug-likeness (QED) is 0.378. The topological polar surface area (TPSA) is 177 Å². The second-order valence-corrected chi connectivity index (χ2v) is 15.6. The van der Waals surface area contributed by atoms with Crippen LogP contribution in [0.4, 0.5) is 4.79 Å². The summed E-state index contributed by atoms with van der Waals surface area (Å²) in [4.78, 5) is 55.9. The van der Waals surface area contributed by atoms with Crippen LogP contribution in [0.2, 0.25) is 5.02 Å². The number of ether oxygens (including phenoxy) is 2. The van der Waals surface area contributed by atoms with Crippen molar-refractivity contribution in [3.05, 3.63) is 46.5 Å². The molecule has 0 aromatic heterocycles. The van der Waals surface area contributed by atoms with Gasteiger partial charge in [-0.05, 0) is 62.6 Å². The van der Waals surface area contributed by atoms with Crippen LogP contribution in [-0.2, 0) is 47.0 Å². The Morgan fingerprint density at radius 2 is 1.96 bits per heavy atom. The SMILES string of the molecule is CCOC1(S(=O)(=O)NC(=O)[C@@]23C[C@H]2C=CCCCCC[C@H](N)C(=O)N2C[C@H](OC(=O)N4Cc5cccc(Cl)c5C4)C[C@H]2C(=O)N3)CC1. The second-order valence-electron chi connectivity index (χ2n) is 13.2. The molecule has 2 saturated carbocycles. The molecule has 5 atom stereocenters. The number of nitrogens with two attached hydrogens (primary N) is 1. The van der Waals surface area contributed by atoms with E-state index in [9.17, 15) is 27.6 Å². The molecule has 1 saturated heterocycles. The molecule has 3 heterocycles. The first-order valence-electron chi connectivity index (χ1n) is 16.4. The number of nitrogens with zero attached hydrogens (tertiary/aromatic N) is 2. The van der Waals surface area contributed by atoms with Crippen LogP contribution in [0.3, 0.4) is 0 Å². The highest BCUT2D eigenvalue weighted by Crippen LogP contribution is 2.48. The van der Waals surface area contributed by atoms with Crippen molar-refractivity contribution in [3.8, 4) is 0 Å². The minimum Gasteiger partial charge on any atom is -0.444 e. The Balaban J connectivity index is 1.21. The molecule has 0 unspecified atom stereocenters. The van der Waals surface area contributed by atoms with Crippen LogP contribution in [0.25, 0.3) is 0 Å². The van der Waals surface area contributed by atoms with Crippen LogP contribution in [0.1, 0.15) is 75.8 Å². The van der Waals surface area contributed by atoms with Crippen molar-refractivity contribution < 1.29 is 37.1 Å². The molecule has 3 aliphatic heterocycles. The largest absolute Gasteiger partial charge is 0.444 e. The van der Waals surface area contributed by atoms with Gasteiger partial charge in [0, 0.05) is 30.5 Å². The van der Waals surface area contributed by atoms with E-state index < -0.39 is 68.4 Å². The molecule has 0 spiro atoms.